The van der Waals surface area contributed by atoms with Gasteiger partial charge in [-0.05, 0) is 61.2 Å². The number of nitrogens with zero attached hydrogens (tertiary/aromatic N) is 1. The molecule has 4 rings (SSSR count). The van der Waals surface area contributed by atoms with Crippen molar-refractivity contribution in [3.63, 3.8) is 0 Å². The monoisotopic (exact) mass is 507 g/mol. The van der Waals surface area contributed by atoms with Crippen LogP contribution in [0.5, 0.6) is 5.75 Å². The van der Waals surface area contributed by atoms with Gasteiger partial charge in [-0.25, -0.2) is 9.69 Å². The van der Waals surface area contributed by atoms with Crippen LogP contribution >= 0.6 is 11.6 Å². The van der Waals surface area contributed by atoms with Crippen molar-refractivity contribution in [1.82, 2.24) is 4.90 Å². The Morgan fingerprint density at radius 2 is 1.72 bits per heavy atom. The molecule has 1 heterocycles. The summed E-state index contributed by atoms with van der Waals surface area (Å²) in [6, 6.07) is 24.4. The first kappa shape index (κ1) is 25.7. The summed E-state index contributed by atoms with van der Waals surface area (Å²) < 4.78 is 17.2. The summed E-state index contributed by atoms with van der Waals surface area (Å²) in [7, 11) is 0. The van der Waals surface area contributed by atoms with Crippen molar-refractivity contribution in [2.75, 3.05) is 6.61 Å². The van der Waals surface area contributed by atoms with Crippen LogP contribution in [0.4, 0.5) is 4.79 Å². The molecule has 2 atom stereocenters. The standard InChI is InChI=1S/C29H30ClNO5/c1-20(2)36-27(28(32)31-25(19-35-29(31)33)15-21-7-4-3-5-8-21)17-23-9-6-10-26(16-23)34-18-22-11-13-24(30)14-12-22/h3-14,16,20,25,27H,15,17-19H2,1-2H3/t25-,27-/m0/s1. The molecule has 36 heavy (non-hydrogen) atoms. The van der Waals surface area contributed by atoms with Gasteiger partial charge in [0.15, 0.2) is 0 Å². The summed E-state index contributed by atoms with van der Waals surface area (Å²) in [5.74, 6) is 0.292. The predicted octanol–water partition coefficient (Wildman–Crippen LogP) is 5.85. The van der Waals surface area contributed by atoms with E-state index in [0.717, 1.165) is 16.7 Å². The zero-order chi connectivity index (χ0) is 25.5. The first-order valence-electron chi connectivity index (χ1n) is 12.0. The topological polar surface area (TPSA) is 65.1 Å². The maximum Gasteiger partial charge on any atom is 0.417 e. The van der Waals surface area contributed by atoms with Crippen LogP contribution in [0, 0.1) is 0 Å². The van der Waals surface area contributed by atoms with Crippen LogP contribution < -0.4 is 4.74 Å². The molecule has 1 aliphatic rings. The van der Waals surface area contributed by atoms with Crippen molar-refractivity contribution in [3.05, 3.63) is 101 Å². The molecule has 1 aliphatic heterocycles. The number of imide groups is 1. The molecule has 0 N–H and O–H groups in total. The van der Waals surface area contributed by atoms with Gasteiger partial charge in [0.25, 0.3) is 5.91 Å². The Kier molecular flexibility index (Phi) is 8.62. The molecule has 3 aromatic carbocycles. The largest absolute Gasteiger partial charge is 0.489 e. The third-order valence-corrected chi connectivity index (χ3v) is 6.11. The van der Waals surface area contributed by atoms with Gasteiger partial charge >= 0.3 is 6.09 Å². The number of ether oxygens (including phenoxy) is 3. The Morgan fingerprint density at radius 3 is 2.44 bits per heavy atom. The molecule has 0 aliphatic carbocycles. The maximum atomic E-state index is 13.6. The van der Waals surface area contributed by atoms with Gasteiger partial charge in [-0.3, -0.25) is 4.79 Å². The highest BCUT2D eigenvalue weighted by atomic mass is 35.5. The summed E-state index contributed by atoms with van der Waals surface area (Å²) in [5.41, 5.74) is 2.90. The van der Waals surface area contributed by atoms with Gasteiger partial charge in [-0.2, -0.15) is 0 Å². The Morgan fingerprint density at radius 1 is 1.00 bits per heavy atom. The normalized spacial score (nSPS) is 16.2. The zero-order valence-electron chi connectivity index (χ0n) is 20.4. The lowest BCUT2D eigenvalue weighted by atomic mass is 10.0. The number of carbonyl (C=O) groups is 2. The summed E-state index contributed by atoms with van der Waals surface area (Å²) in [4.78, 5) is 27.4. The zero-order valence-corrected chi connectivity index (χ0v) is 21.2. The lowest BCUT2D eigenvalue weighted by molar-refractivity contribution is -0.144. The van der Waals surface area contributed by atoms with E-state index in [1.54, 1.807) is 0 Å². The summed E-state index contributed by atoms with van der Waals surface area (Å²) in [6.07, 6.45) is -0.828. The maximum absolute atomic E-state index is 13.6. The van der Waals surface area contributed by atoms with Crippen molar-refractivity contribution in [2.45, 2.75) is 51.5 Å². The Labute approximate surface area is 216 Å². The number of amides is 2. The lowest BCUT2D eigenvalue weighted by Crippen LogP contribution is -2.47. The van der Waals surface area contributed by atoms with E-state index in [1.807, 2.05) is 92.7 Å². The Balaban J connectivity index is 1.46. The van der Waals surface area contributed by atoms with Crippen LogP contribution in [0.1, 0.15) is 30.5 Å². The first-order valence-corrected chi connectivity index (χ1v) is 12.4. The molecular weight excluding hydrogens is 478 g/mol. The molecule has 0 aromatic heterocycles. The second-order valence-electron chi connectivity index (χ2n) is 9.07. The molecule has 2 amide bonds. The molecule has 188 valence electrons. The highest BCUT2D eigenvalue weighted by molar-refractivity contribution is 6.30. The van der Waals surface area contributed by atoms with E-state index in [2.05, 4.69) is 0 Å². The molecule has 6 nitrogen and oxygen atoms in total. The number of benzene rings is 3. The second-order valence-corrected chi connectivity index (χ2v) is 9.51. The highest BCUT2D eigenvalue weighted by Gasteiger charge is 2.41. The minimum atomic E-state index is -0.833. The number of carbonyl (C=O) groups excluding carboxylic acids is 2. The van der Waals surface area contributed by atoms with E-state index in [1.165, 1.54) is 4.90 Å². The fraction of sp³-hybridized carbons (Fsp3) is 0.310. The Hall–Kier alpha value is -3.35. The van der Waals surface area contributed by atoms with E-state index in [-0.39, 0.29) is 24.7 Å². The molecule has 1 fully saturated rings. The van der Waals surface area contributed by atoms with E-state index in [4.69, 9.17) is 25.8 Å². The van der Waals surface area contributed by atoms with Crippen LogP contribution in [0.25, 0.3) is 0 Å². The van der Waals surface area contributed by atoms with Crippen LogP contribution in [0.15, 0.2) is 78.9 Å². The minimum Gasteiger partial charge on any atom is -0.489 e. The first-order chi connectivity index (χ1) is 17.4. The quantitative estimate of drug-likeness (QED) is 0.344. The fourth-order valence-corrected chi connectivity index (χ4v) is 4.29. The smallest absolute Gasteiger partial charge is 0.417 e. The number of halogens is 1. The number of hydrogen-bond acceptors (Lipinski definition) is 5. The van der Waals surface area contributed by atoms with Crippen molar-refractivity contribution >= 4 is 23.6 Å². The summed E-state index contributed by atoms with van der Waals surface area (Å²) in [6.45, 7) is 4.31. The van der Waals surface area contributed by atoms with Crippen LogP contribution in [0.3, 0.4) is 0 Å². The van der Waals surface area contributed by atoms with Gasteiger partial charge in [-0.1, -0.05) is 66.2 Å². The van der Waals surface area contributed by atoms with Gasteiger partial charge in [-0.15, -0.1) is 0 Å². The van der Waals surface area contributed by atoms with Gasteiger partial charge < -0.3 is 14.2 Å². The molecule has 1 saturated heterocycles. The molecule has 0 saturated carbocycles. The number of rotatable bonds is 10. The number of hydrogen-bond donors (Lipinski definition) is 0. The van der Waals surface area contributed by atoms with Gasteiger partial charge in [0.2, 0.25) is 0 Å². The SMILES string of the molecule is CC(C)O[C@@H](Cc1cccc(OCc2ccc(Cl)cc2)c1)C(=O)N1C(=O)OC[C@@H]1Cc1ccccc1. The van der Waals surface area contributed by atoms with Gasteiger partial charge in [0.05, 0.1) is 12.1 Å². The van der Waals surface area contributed by atoms with Gasteiger partial charge in [0, 0.05) is 11.4 Å². The molecule has 0 bridgehead atoms. The second kappa shape index (κ2) is 12.1. The highest BCUT2D eigenvalue weighted by Crippen LogP contribution is 2.23. The van der Waals surface area contributed by atoms with Crippen molar-refractivity contribution in [3.8, 4) is 5.75 Å². The van der Waals surface area contributed by atoms with E-state index >= 15 is 0 Å². The predicted molar refractivity (Wildman–Crippen MR) is 138 cm³/mol. The van der Waals surface area contributed by atoms with Crippen LogP contribution in [0.2, 0.25) is 5.02 Å². The van der Waals surface area contributed by atoms with Gasteiger partial charge in [0.1, 0.15) is 25.1 Å². The van der Waals surface area contributed by atoms with E-state index < -0.39 is 12.2 Å². The fourth-order valence-electron chi connectivity index (χ4n) is 4.17. The molecule has 3 aromatic rings. The van der Waals surface area contributed by atoms with Crippen molar-refractivity contribution in [1.29, 1.82) is 0 Å². The third kappa shape index (κ3) is 6.86. The van der Waals surface area contributed by atoms with E-state index in [0.29, 0.717) is 30.2 Å². The Bertz CT molecular complexity index is 1170. The molecule has 0 unspecified atom stereocenters. The third-order valence-electron chi connectivity index (χ3n) is 5.86. The van der Waals surface area contributed by atoms with Crippen LogP contribution in [-0.2, 0) is 33.7 Å². The molecular formula is C29H30ClNO5. The molecule has 7 heteroatoms. The average molecular weight is 508 g/mol. The van der Waals surface area contributed by atoms with Crippen molar-refractivity contribution in [2.24, 2.45) is 0 Å². The van der Waals surface area contributed by atoms with Crippen LogP contribution in [-0.4, -0.2) is 41.8 Å². The minimum absolute atomic E-state index is 0.169. The molecule has 0 spiro atoms. The number of cyclic esters (lactones) is 1. The van der Waals surface area contributed by atoms with E-state index in [9.17, 15) is 9.59 Å². The van der Waals surface area contributed by atoms with Crippen molar-refractivity contribution < 1.29 is 23.8 Å². The molecule has 0 radical (unpaired) electrons. The average Bonchev–Trinajstić information content (AvgIpc) is 3.23. The summed E-state index contributed by atoms with van der Waals surface area (Å²) in [5, 5.41) is 0.675. The summed E-state index contributed by atoms with van der Waals surface area (Å²) >= 11 is 5.95. The lowest BCUT2D eigenvalue weighted by Gasteiger charge is -2.26.